The average molecular weight is 219 g/mol. The first-order chi connectivity index (χ1) is 7.13. The van der Waals surface area contributed by atoms with Gasteiger partial charge in [0.15, 0.2) is 5.69 Å². The van der Waals surface area contributed by atoms with Gasteiger partial charge in [-0.3, -0.25) is 4.79 Å². The van der Waals surface area contributed by atoms with Crippen LogP contribution in [0, 0.1) is 11.3 Å². The molecule has 4 N–H and O–H groups in total. The Morgan fingerprint density at radius 3 is 2.93 bits per heavy atom. The first-order valence-electron chi connectivity index (χ1n) is 3.89. The SMILES string of the molecule is N#Cc1cc2snc(C(N)=O)c2nc1N. The van der Waals surface area contributed by atoms with Crippen LogP contribution in [-0.2, 0) is 0 Å². The second-order valence-electron chi connectivity index (χ2n) is 2.78. The Morgan fingerprint density at radius 1 is 1.60 bits per heavy atom. The Hall–Kier alpha value is -2.20. The van der Waals surface area contributed by atoms with Crippen LogP contribution in [-0.4, -0.2) is 15.3 Å². The number of nitrogens with two attached hydrogens (primary N) is 2. The highest BCUT2D eigenvalue weighted by molar-refractivity contribution is 7.13. The van der Waals surface area contributed by atoms with Crippen LogP contribution in [0.4, 0.5) is 5.82 Å². The van der Waals surface area contributed by atoms with Crippen LogP contribution in [0.15, 0.2) is 6.07 Å². The maximum absolute atomic E-state index is 11.0. The molecule has 0 bridgehead atoms. The summed E-state index contributed by atoms with van der Waals surface area (Å²) in [5.74, 6) is -0.578. The van der Waals surface area contributed by atoms with E-state index in [4.69, 9.17) is 16.7 Å². The van der Waals surface area contributed by atoms with E-state index in [1.807, 2.05) is 6.07 Å². The molecule has 74 valence electrons. The molecule has 0 aliphatic carbocycles. The molecule has 1 amide bonds. The molecule has 2 rings (SSSR count). The number of anilines is 1. The number of fused-ring (bicyclic) bond motifs is 1. The number of hydrogen-bond acceptors (Lipinski definition) is 6. The van der Waals surface area contributed by atoms with Crippen LogP contribution in [0.25, 0.3) is 10.2 Å². The third kappa shape index (κ3) is 1.37. The van der Waals surface area contributed by atoms with Crippen molar-refractivity contribution in [3.05, 3.63) is 17.3 Å². The van der Waals surface area contributed by atoms with E-state index in [9.17, 15) is 4.79 Å². The molecule has 0 fully saturated rings. The number of carbonyl (C=O) groups is 1. The van der Waals surface area contributed by atoms with Gasteiger partial charge in [0, 0.05) is 0 Å². The third-order valence-electron chi connectivity index (χ3n) is 1.83. The van der Waals surface area contributed by atoms with Crippen LogP contribution < -0.4 is 11.5 Å². The maximum Gasteiger partial charge on any atom is 0.270 e. The minimum absolute atomic E-state index is 0.0766. The second kappa shape index (κ2) is 3.18. The fourth-order valence-electron chi connectivity index (χ4n) is 1.14. The number of nitrogens with zero attached hydrogens (tertiary/aromatic N) is 3. The Bertz CT molecular complexity index is 597. The highest BCUT2D eigenvalue weighted by atomic mass is 32.1. The molecule has 0 aliphatic heterocycles. The van der Waals surface area contributed by atoms with Crippen molar-refractivity contribution in [3.63, 3.8) is 0 Å². The van der Waals surface area contributed by atoms with Crippen molar-refractivity contribution in [2.75, 3.05) is 5.73 Å². The predicted octanol–water partition coefficient (Wildman–Crippen LogP) is 0.244. The van der Waals surface area contributed by atoms with E-state index in [-0.39, 0.29) is 17.1 Å². The number of aromatic nitrogens is 2. The largest absolute Gasteiger partial charge is 0.383 e. The number of amides is 1. The fraction of sp³-hybridized carbons (Fsp3) is 0. The first-order valence-corrected chi connectivity index (χ1v) is 4.66. The number of primary amides is 1. The molecule has 0 atom stereocenters. The van der Waals surface area contributed by atoms with E-state index in [2.05, 4.69) is 9.36 Å². The summed E-state index contributed by atoms with van der Waals surface area (Å²) in [5.41, 5.74) is 11.3. The fourth-order valence-corrected chi connectivity index (χ4v) is 1.90. The molecule has 15 heavy (non-hydrogen) atoms. The van der Waals surface area contributed by atoms with Crippen LogP contribution in [0.3, 0.4) is 0 Å². The first kappa shape index (κ1) is 9.36. The van der Waals surface area contributed by atoms with Crippen molar-refractivity contribution in [2.24, 2.45) is 5.73 Å². The molecule has 0 unspecified atom stereocenters. The number of nitrogen functional groups attached to an aromatic ring is 1. The Balaban J connectivity index is 2.80. The van der Waals surface area contributed by atoms with Crippen LogP contribution in [0.1, 0.15) is 16.1 Å². The topological polar surface area (TPSA) is 119 Å². The standard InChI is InChI=1S/C8H5N5OS/c9-2-3-1-4-5(12-7(3)10)6(8(11)14)13-15-4/h1H,(H2,10,12)(H2,11,14). The molecular formula is C8H5N5OS. The van der Waals surface area contributed by atoms with Gasteiger partial charge in [0.05, 0.1) is 10.3 Å². The van der Waals surface area contributed by atoms with Crippen molar-refractivity contribution < 1.29 is 4.79 Å². The van der Waals surface area contributed by atoms with Gasteiger partial charge in [-0.05, 0) is 17.6 Å². The minimum atomic E-state index is -0.655. The predicted molar refractivity (Wildman–Crippen MR) is 55.1 cm³/mol. The summed E-state index contributed by atoms with van der Waals surface area (Å²) in [6.07, 6.45) is 0. The molecule has 7 heteroatoms. The molecular weight excluding hydrogens is 214 g/mol. The average Bonchev–Trinajstić information content (AvgIpc) is 2.59. The van der Waals surface area contributed by atoms with Gasteiger partial charge >= 0.3 is 0 Å². The molecule has 6 nitrogen and oxygen atoms in total. The summed E-state index contributed by atoms with van der Waals surface area (Å²) < 4.78 is 4.47. The van der Waals surface area contributed by atoms with Gasteiger partial charge in [-0.15, -0.1) is 0 Å². The molecule has 0 radical (unpaired) electrons. The summed E-state index contributed by atoms with van der Waals surface area (Å²) in [6, 6.07) is 3.44. The van der Waals surface area contributed by atoms with Gasteiger partial charge in [0.25, 0.3) is 5.91 Å². The van der Waals surface area contributed by atoms with Crippen molar-refractivity contribution in [1.29, 1.82) is 5.26 Å². The molecule has 2 heterocycles. The van der Waals surface area contributed by atoms with Crippen LogP contribution >= 0.6 is 11.5 Å². The van der Waals surface area contributed by atoms with Crippen LogP contribution in [0.2, 0.25) is 0 Å². The van der Waals surface area contributed by atoms with E-state index >= 15 is 0 Å². The lowest BCUT2D eigenvalue weighted by atomic mass is 10.2. The van der Waals surface area contributed by atoms with Gasteiger partial charge in [-0.1, -0.05) is 0 Å². The Labute approximate surface area is 88.3 Å². The van der Waals surface area contributed by atoms with Crippen molar-refractivity contribution in [2.45, 2.75) is 0 Å². The number of pyridine rings is 1. The lowest BCUT2D eigenvalue weighted by Crippen LogP contribution is -2.12. The lowest BCUT2D eigenvalue weighted by molar-refractivity contribution is 0.0998. The second-order valence-corrected chi connectivity index (χ2v) is 3.58. The zero-order valence-corrected chi connectivity index (χ0v) is 8.21. The quantitative estimate of drug-likeness (QED) is 0.712. The summed E-state index contributed by atoms with van der Waals surface area (Å²) >= 11 is 1.06. The van der Waals surface area contributed by atoms with E-state index in [0.29, 0.717) is 10.2 Å². The Morgan fingerprint density at radius 2 is 2.33 bits per heavy atom. The van der Waals surface area contributed by atoms with E-state index < -0.39 is 5.91 Å². The van der Waals surface area contributed by atoms with Crippen molar-refractivity contribution in [1.82, 2.24) is 9.36 Å². The molecule has 0 saturated carbocycles. The van der Waals surface area contributed by atoms with E-state index in [1.165, 1.54) is 0 Å². The van der Waals surface area contributed by atoms with Crippen molar-refractivity contribution in [3.8, 4) is 6.07 Å². The minimum Gasteiger partial charge on any atom is -0.383 e. The van der Waals surface area contributed by atoms with Gasteiger partial charge in [0.1, 0.15) is 17.4 Å². The molecule has 0 aliphatic rings. The smallest absolute Gasteiger partial charge is 0.270 e. The number of rotatable bonds is 1. The highest BCUT2D eigenvalue weighted by Gasteiger charge is 2.14. The maximum atomic E-state index is 11.0. The van der Waals surface area contributed by atoms with E-state index in [1.54, 1.807) is 6.07 Å². The number of nitriles is 1. The van der Waals surface area contributed by atoms with E-state index in [0.717, 1.165) is 11.5 Å². The third-order valence-corrected chi connectivity index (χ3v) is 2.61. The highest BCUT2D eigenvalue weighted by Crippen LogP contribution is 2.24. The normalized spacial score (nSPS) is 10.1. The molecule has 0 saturated heterocycles. The molecule has 0 spiro atoms. The monoisotopic (exact) mass is 219 g/mol. The van der Waals surface area contributed by atoms with Gasteiger partial charge in [-0.25, -0.2) is 4.98 Å². The van der Waals surface area contributed by atoms with Gasteiger partial charge in [-0.2, -0.15) is 9.64 Å². The summed E-state index contributed by atoms with van der Waals surface area (Å²) in [4.78, 5) is 14.9. The van der Waals surface area contributed by atoms with Crippen molar-refractivity contribution >= 4 is 33.5 Å². The lowest BCUT2D eigenvalue weighted by Gasteiger charge is -1.96. The summed E-state index contributed by atoms with van der Waals surface area (Å²) in [6.45, 7) is 0. The summed E-state index contributed by atoms with van der Waals surface area (Å²) in [5, 5.41) is 8.72. The van der Waals surface area contributed by atoms with Crippen LogP contribution in [0.5, 0.6) is 0 Å². The summed E-state index contributed by atoms with van der Waals surface area (Å²) in [7, 11) is 0. The molecule has 0 aromatic carbocycles. The number of hydrogen-bond donors (Lipinski definition) is 2. The zero-order valence-electron chi connectivity index (χ0n) is 7.39. The Kier molecular flexibility index (Phi) is 1.98. The number of carbonyl (C=O) groups excluding carboxylic acids is 1. The van der Waals surface area contributed by atoms with Gasteiger partial charge < -0.3 is 11.5 Å². The molecule has 2 aromatic rings. The van der Waals surface area contributed by atoms with Gasteiger partial charge in [0.2, 0.25) is 0 Å². The zero-order chi connectivity index (χ0) is 11.0. The molecule has 2 aromatic heterocycles.